The number of hydrogen-bond acceptors (Lipinski definition) is 9. The molecule has 1 saturated heterocycles. The SMILES string of the molecule is CC(=O)OC1[C@H](n2cnc3c(=O)[nH]c(NC(=O)C(C)C)nc32)O[C@H](COC(=O)c2ccccc2)[C@H]1CCI. The minimum atomic E-state index is -0.903. The first kappa shape index (κ1) is 27.7. The van der Waals surface area contributed by atoms with E-state index < -0.39 is 35.9 Å². The Morgan fingerprint density at radius 3 is 2.63 bits per heavy atom. The standard InChI is InChI=1S/C25H28IN5O7/c1-13(2)21(33)29-25-28-20-18(22(34)30-25)27-12-31(20)23-19(37-14(3)32)16(9-10-26)17(38-23)11-36-24(35)15-7-5-4-6-8-15/h4-8,12-13,16-17,19,23H,9-11H2,1-3H3,(H2,28,29,30,33,34)/t16-,17-,19?,23-/m1/s1. The fourth-order valence-electron chi connectivity index (χ4n) is 4.23. The van der Waals surface area contributed by atoms with Crippen molar-refractivity contribution in [3.8, 4) is 0 Å². The quantitative estimate of drug-likeness (QED) is 0.205. The fourth-order valence-corrected chi connectivity index (χ4v) is 4.95. The topological polar surface area (TPSA) is 154 Å². The third-order valence-electron chi connectivity index (χ3n) is 6.10. The van der Waals surface area contributed by atoms with Crippen LogP contribution in [0, 0.1) is 11.8 Å². The minimum Gasteiger partial charge on any atom is -0.459 e. The van der Waals surface area contributed by atoms with Gasteiger partial charge in [-0.15, -0.1) is 0 Å². The highest BCUT2D eigenvalue weighted by Gasteiger charge is 2.48. The summed E-state index contributed by atoms with van der Waals surface area (Å²) in [5.41, 5.74) is 0.0308. The molecule has 1 unspecified atom stereocenters. The zero-order valence-electron chi connectivity index (χ0n) is 21.0. The summed E-state index contributed by atoms with van der Waals surface area (Å²) in [6, 6.07) is 8.59. The molecule has 13 heteroatoms. The largest absolute Gasteiger partial charge is 0.459 e. The van der Waals surface area contributed by atoms with Gasteiger partial charge in [-0.3, -0.25) is 29.3 Å². The second kappa shape index (κ2) is 12.0. The molecule has 3 aromatic rings. The first-order chi connectivity index (χ1) is 18.2. The van der Waals surface area contributed by atoms with Crippen LogP contribution in [0.25, 0.3) is 11.2 Å². The molecule has 12 nitrogen and oxygen atoms in total. The van der Waals surface area contributed by atoms with E-state index in [-0.39, 0.29) is 41.5 Å². The van der Waals surface area contributed by atoms with E-state index in [0.717, 1.165) is 4.43 Å². The van der Waals surface area contributed by atoms with Gasteiger partial charge in [0, 0.05) is 23.2 Å². The molecule has 3 heterocycles. The number of hydrogen-bond donors (Lipinski definition) is 2. The second-order valence-electron chi connectivity index (χ2n) is 9.13. The van der Waals surface area contributed by atoms with Crippen LogP contribution in [0.2, 0.25) is 0 Å². The third-order valence-corrected chi connectivity index (χ3v) is 6.72. The number of carbonyl (C=O) groups excluding carboxylic acids is 3. The molecule has 0 bridgehead atoms. The van der Waals surface area contributed by atoms with Crippen molar-refractivity contribution in [1.82, 2.24) is 19.5 Å². The number of imidazole rings is 1. The maximum Gasteiger partial charge on any atom is 0.338 e. The summed E-state index contributed by atoms with van der Waals surface area (Å²) in [7, 11) is 0. The molecule has 1 fully saturated rings. The van der Waals surface area contributed by atoms with Crippen LogP contribution in [0.5, 0.6) is 0 Å². The molecule has 1 aromatic carbocycles. The smallest absolute Gasteiger partial charge is 0.338 e. The Hall–Kier alpha value is -3.33. The summed E-state index contributed by atoms with van der Waals surface area (Å²) in [5.74, 6) is -2.02. The molecule has 4 rings (SSSR count). The number of ether oxygens (including phenoxy) is 3. The summed E-state index contributed by atoms with van der Waals surface area (Å²) in [5, 5.41) is 2.58. The van der Waals surface area contributed by atoms with Gasteiger partial charge in [-0.25, -0.2) is 9.78 Å². The molecule has 2 N–H and O–H groups in total. The highest BCUT2D eigenvalue weighted by Crippen LogP contribution is 2.40. The number of fused-ring (bicyclic) bond motifs is 1. The van der Waals surface area contributed by atoms with Crippen molar-refractivity contribution < 1.29 is 28.6 Å². The number of nitrogens with one attached hydrogen (secondary N) is 2. The van der Waals surface area contributed by atoms with E-state index in [1.807, 2.05) is 0 Å². The molecule has 1 aliphatic heterocycles. The summed E-state index contributed by atoms with van der Waals surface area (Å²) in [6.45, 7) is 4.66. The average Bonchev–Trinajstić information content (AvgIpc) is 3.44. The Balaban J connectivity index is 1.66. The number of H-pyrrole nitrogens is 1. The zero-order chi connectivity index (χ0) is 27.4. The van der Waals surface area contributed by atoms with Gasteiger partial charge in [0.1, 0.15) is 12.7 Å². The van der Waals surface area contributed by atoms with Gasteiger partial charge >= 0.3 is 11.9 Å². The molecule has 202 valence electrons. The monoisotopic (exact) mass is 637 g/mol. The lowest BCUT2D eigenvalue weighted by Gasteiger charge is -2.23. The van der Waals surface area contributed by atoms with E-state index in [4.69, 9.17) is 14.2 Å². The van der Waals surface area contributed by atoms with Crippen molar-refractivity contribution in [1.29, 1.82) is 0 Å². The van der Waals surface area contributed by atoms with E-state index in [9.17, 15) is 19.2 Å². The number of carbonyl (C=O) groups is 3. The highest BCUT2D eigenvalue weighted by atomic mass is 127. The Kier molecular flexibility index (Phi) is 8.76. The maximum absolute atomic E-state index is 12.7. The van der Waals surface area contributed by atoms with Crippen LogP contribution >= 0.6 is 22.6 Å². The predicted octanol–water partition coefficient (Wildman–Crippen LogP) is 2.84. The van der Waals surface area contributed by atoms with Crippen LogP contribution in [-0.2, 0) is 23.8 Å². The van der Waals surface area contributed by atoms with Crippen LogP contribution in [0.1, 0.15) is 43.8 Å². The number of rotatable bonds is 9. The van der Waals surface area contributed by atoms with E-state index in [1.165, 1.54) is 17.8 Å². The lowest BCUT2D eigenvalue weighted by molar-refractivity contribution is -0.153. The first-order valence-corrected chi connectivity index (χ1v) is 13.6. The molecule has 4 atom stereocenters. The van der Waals surface area contributed by atoms with Gasteiger partial charge in [0.15, 0.2) is 23.5 Å². The summed E-state index contributed by atoms with van der Waals surface area (Å²) < 4.78 is 19.8. The third kappa shape index (κ3) is 6.04. The number of anilines is 1. The second-order valence-corrected chi connectivity index (χ2v) is 10.2. The van der Waals surface area contributed by atoms with Crippen molar-refractivity contribution in [2.75, 3.05) is 16.4 Å². The van der Waals surface area contributed by atoms with Gasteiger partial charge in [0.2, 0.25) is 11.9 Å². The number of aromatic nitrogens is 4. The van der Waals surface area contributed by atoms with E-state index in [0.29, 0.717) is 12.0 Å². The zero-order valence-corrected chi connectivity index (χ0v) is 23.2. The van der Waals surface area contributed by atoms with E-state index in [2.05, 4.69) is 42.9 Å². The van der Waals surface area contributed by atoms with Gasteiger partial charge < -0.3 is 14.2 Å². The Morgan fingerprint density at radius 1 is 1.24 bits per heavy atom. The number of halogens is 1. The molecule has 0 spiro atoms. The van der Waals surface area contributed by atoms with Crippen molar-refractivity contribution in [2.24, 2.45) is 11.8 Å². The summed E-state index contributed by atoms with van der Waals surface area (Å²) in [6.07, 6.45) is -0.290. The molecule has 1 amide bonds. The summed E-state index contributed by atoms with van der Waals surface area (Å²) in [4.78, 5) is 60.6. The van der Waals surface area contributed by atoms with Crippen molar-refractivity contribution in [2.45, 2.75) is 45.6 Å². The number of benzene rings is 1. The van der Waals surface area contributed by atoms with Gasteiger partial charge in [-0.05, 0) is 18.6 Å². The van der Waals surface area contributed by atoms with Gasteiger partial charge in [-0.1, -0.05) is 54.6 Å². The lowest BCUT2D eigenvalue weighted by atomic mass is 9.95. The van der Waals surface area contributed by atoms with Crippen LogP contribution in [0.15, 0.2) is 41.5 Å². The fraction of sp³-hybridized carbons (Fsp3) is 0.440. The molecule has 1 aliphatic rings. The van der Waals surface area contributed by atoms with Crippen LogP contribution in [0.3, 0.4) is 0 Å². The number of alkyl halides is 1. The molecule has 2 aromatic heterocycles. The Labute approximate surface area is 231 Å². The Bertz CT molecular complexity index is 1370. The molecular weight excluding hydrogens is 609 g/mol. The van der Waals surface area contributed by atoms with Gasteiger partial charge in [0.05, 0.1) is 11.9 Å². The first-order valence-electron chi connectivity index (χ1n) is 12.1. The highest BCUT2D eigenvalue weighted by molar-refractivity contribution is 14.1. The number of aromatic amines is 1. The molecule has 0 aliphatic carbocycles. The molecule has 38 heavy (non-hydrogen) atoms. The van der Waals surface area contributed by atoms with Crippen LogP contribution in [0.4, 0.5) is 5.95 Å². The Morgan fingerprint density at radius 2 is 1.97 bits per heavy atom. The summed E-state index contributed by atoms with van der Waals surface area (Å²) >= 11 is 2.22. The van der Waals surface area contributed by atoms with Gasteiger partial charge in [-0.2, -0.15) is 4.98 Å². The van der Waals surface area contributed by atoms with Crippen molar-refractivity contribution >= 4 is 57.5 Å². The predicted molar refractivity (Wildman–Crippen MR) is 145 cm³/mol. The normalized spacial score (nSPS) is 21.0. The maximum atomic E-state index is 12.7. The minimum absolute atomic E-state index is 0.0297. The van der Waals surface area contributed by atoms with Crippen molar-refractivity contribution in [3.05, 3.63) is 52.6 Å². The number of esters is 2. The molecular formula is C25H28IN5O7. The number of amides is 1. The number of nitrogens with zero attached hydrogens (tertiary/aromatic N) is 3. The lowest BCUT2D eigenvalue weighted by Crippen LogP contribution is -2.33. The van der Waals surface area contributed by atoms with Crippen molar-refractivity contribution in [3.63, 3.8) is 0 Å². The van der Waals surface area contributed by atoms with Crippen LogP contribution < -0.4 is 10.9 Å². The molecule has 0 saturated carbocycles. The molecule has 0 radical (unpaired) electrons. The van der Waals surface area contributed by atoms with Gasteiger partial charge in [0.25, 0.3) is 5.56 Å². The average molecular weight is 637 g/mol. The van der Waals surface area contributed by atoms with E-state index in [1.54, 1.807) is 44.2 Å². The van der Waals surface area contributed by atoms with Crippen LogP contribution in [-0.4, -0.2) is 60.6 Å². The van der Waals surface area contributed by atoms with E-state index >= 15 is 0 Å².